The molecule has 0 bridgehead atoms. The molecule has 0 saturated carbocycles. The van der Waals surface area contributed by atoms with E-state index in [4.69, 9.17) is 0 Å². The lowest BCUT2D eigenvalue weighted by Crippen LogP contribution is -2.32. The molecule has 2 aromatic carbocycles. The monoisotopic (exact) mass is 346 g/mol. The fourth-order valence-electron chi connectivity index (χ4n) is 2.46. The fraction of sp³-hybridized carbons (Fsp3) is 0.278. The summed E-state index contributed by atoms with van der Waals surface area (Å²) in [7, 11) is -2.00. The number of rotatable bonds is 6. The fourth-order valence-corrected chi connectivity index (χ4v) is 2.98. The molecule has 0 aliphatic carbocycles. The number of hydrogen-bond donors (Lipinski definition) is 1. The van der Waals surface area contributed by atoms with E-state index in [-0.39, 0.29) is 11.9 Å². The van der Waals surface area contributed by atoms with Crippen LogP contribution in [0.5, 0.6) is 0 Å². The maximum Gasteiger partial charge on any atom is 0.253 e. The molecule has 0 unspecified atom stereocenters. The minimum atomic E-state index is -3.44. The van der Waals surface area contributed by atoms with E-state index in [0.717, 1.165) is 22.5 Å². The zero-order valence-electron chi connectivity index (χ0n) is 14.1. The third-order valence-electron chi connectivity index (χ3n) is 3.90. The van der Waals surface area contributed by atoms with Crippen LogP contribution in [0.25, 0.3) is 0 Å². The summed E-state index contributed by atoms with van der Waals surface area (Å²) in [5.41, 5.74) is 1.71. The van der Waals surface area contributed by atoms with Crippen molar-refractivity contribution >= 4 is 21.6 Å². The first-order valence-corrected chi connectivity index (χ1v) is 9.58. The number of sulfonamides is 1. The van der Waals surface area contributed by atoms with Gasteiger partial charge in [-0.3, -0.25) is 9.10 Å². The van der Waals surface area contributed by atoms with Crippen LogP contribution in [-0.2, 0) is 10.0 Å². The van der Waals surface area contributed by atoms with E-state index in [0.29, 0.717) is 11.3 Å². The molecule has 0 aliphatic heterocycles. The van der Waals surface area contributed by atoms with Gasteiger partial charge in [0.15, 0.2) is 0 Å². The molecule has 2 aromatic rings. The van der Waals surface area contributed by atoms with Crippen LogP contribution >= 0.6 is 0 Å². The second-order valence-corrected chi connectivity index (χ2v) is 7.61. The van der Waals surface area contributed by atoms with Gasteiger partial charge in [-0.25, -0.2) is 8.42 Å². The second kappa shape index (κ2) is 7.49. The van der Waals surface area contributed by atoms with Crippen LogP contribution < -0.4 is 9.62 Å². The zero-order valence-corrected chi connectivity index (χ0v) is 14.9. The van der Waals surface area contributed by atoms with E-state index in [9.17, 15) is 13.2 Å². The van der Waals surface area contributed by atoms with Crippen LogP contribution in [-0.4, -0.2) is 27.6 Å². The molecular formula is C18H22N2O3S. The second-order valence-electron chi connectivity index (χ2n) is 5.59. The van der Waals surface area contributed by atoms with Crippen LogP contribution in [0.3, 0.4) is 0 Å². The highest BCUT2D eigenvalue weighted by atomic mass is 32.2. The van der Waals surface area contributed by atoms with Gasteiger partial charge in [0, 0.05) is 7.05 Å². The SMILES string of the molecule is CC[C@H](NC(=O)c1ccccc1N(C)S(C)(=O)=O)c1ccccc1. The summed E-state index contributed by atoms with van der Waals surface area (Å²) in [6.45, 7) is 1.99. The van der Waals surface area contributed by atoms with Crippen molar-refractivity contribution < 1.29 is 13.2 Å². The van der Waals surface area contributed by atoms with Crippen molar-refractivity contribution in [1.82, 2.24) is 5.32 Å². The largest absolute Gasteiger partial charge is 0.345 e. The first kappa shape index (κ1) is 18.0. The van der Waals surface area contributed by atoms with Crippen molar-refractivity contribution in [3.05, 3.63) is 65.7 Å². The summed E-state index contributed by atoms with van der Waals surface area (Å²) in [5.74, 6) is -0.295. The average Bonchev–Trinajstić information content (AvgIpc) is 2.58. The van der Waals surface area contributed by atoms with E-state index in [1.165, 1.54) is 7.05 Å². The molecule has 0 aliphatic rings. The number of carbonyl (C=O) groups is 1. The molecule has 1 amide bonds. The van der Waals surface area contributed by atoms with Gasteiger partial charge >= 0.3 is 0 Å². The summed E-state index contributed by atoms with van der Waals surface area (Å²) in [6.07, 6.45) is 1.85. The number of carbonyl (C=O) groups excluding carboxylic acids is 1. The minimum Gasteiger partial charge on any atom is -0.345 e. The maximum absolute atomic E-state index is 12.7. The topological polar surface area (TPSA) is 66.5 Å². The normalized spacial score (nSPS) is 12.5. The summed E-state index contributed by atoms with van der Waals surface area (Å²) in [5, 5.41) is 2.99. The van der Waals surface area contributed by atoms with Crippen molar-refractivity contribution in [3.8, 4) is 0 Å². The van der Waals surface area contributed by atoms with Crippen LogP contribution in [0.1, 0.15) is 35.3 Å². The number of nitrogens with one attached hydrogen (secondary N) is 1. The van der Waals surface area contributed by atoms with E-state index in [1.807, 2.05) is 37.3 Å². The molecule has 0 fully saturated rings. The summed E-state index contributed by atoms with van der Waals surface area (Å²) >= 11 is 0. The van der Waals surface area contributed by atoms with Gasteiger partial charge in [0.25, 0.3) is 5.91 Å². The molecule has 24 heavy (non-hydrogen) atoms. The first-order chi connectivity index (χ1) is 11.3. The lowest BCUT2D eigenvalue weighted by Gasteiger charge is -2.22. The number of hydrogen-bond acceptors (Lipinski definition) is 3. The molecule has 128 valence electrons. The standard InChI is InChI=1S/C18H22N2O3S/c1-4-16(14-10-6-5-7-11-14)19-18(21)15-12-8-9-13-17(15)20(2)24(3,22)23/h5-13,16H,4H2,1-3H3,(H,19,21)/t16-/m0/s1. The summed E-state index contributed by atoms with van der Waals surface area (Å²) in [4.78, 5) is 12.7. The van der Waals surface area contributed by atoms with Crippen molar-refractivity contribution in [2.24, 2.45) is 0 Å². The molecule has 0 radical (unpaired) electrons. The van der Waals surface area contributed by atoms with Crippen molar-refractivity contribution in [2.75, 3.05) is 17.6 Å². The Labute approximate surface area is 143 Å². The Morgan fingerprint density at radius 3 is 2.25 bits per heavy atom. The van der Waals surface area contributed by atoms with Gasteiger partial charge in [-0.05, 0) is 24.1 Å². The smallest absolute Gasteiger partial charge is 0.253 e. The van der Waals surface area contributed by atoms with Gasteiger partial charge in [0.2, 0.25) is 10.0 Å². The molecule has 2 rings (SSSR count). The van der Waals surface area contributed by atoms with Crippen LogP contribution in [0.15, 0.2) is 54.6 Å². The van der Waals surface area contributed by atoms with Gasteiger partial charge in [-0.2, -0.15) is 0 Å². The van der Waals surface area contributed by atoms with E-state index in [2.05, 4.69) is 5.32 Å². The summed E-state index contributed by atoms with van der Waals surface area (Å²) in [6, 6.07) is 16.3. The number of anilines is 1. The quantitative estimate of drug-likeness (QED) is 0.874. The summed E-state index contributed by atoms with van der Waals surface area (Å²) < 4.78 is 24.7. The molecule has 6 heteroatoms. The Bertz CT molecular complexity index is 804. The first-order valence-electron chi connectivity index (χ1n) is 7.73. The molecule has 0 spiro atoms. The van der Waals surface area contributed by atoms with E-state index >= 15 is 0 Å². The van der Waals surface area contributed by atoms with Gasteiger partial charge in [0.1, 0.15) is 0 Å². The third kappa shape index (κ3) is 4.14. The number of amides is 1. The van der Waals surface area contributed by atoms with Gasteiger partial charge in [-0.1, -0.05) is 49.4 Å². The molecule has 0 saturated heterocycles. The predicted molar refractivity (Wildman–Crippen MR) is 96.6 cm³/mol. The van der Waals surface area contributed by atoms with Crippen LogP contribution in [0.4, 0.5) is 5.69 Å². The lowest BCUT2D eigenvalue weighted by atomic mass is 10.0. The third-order valence-corrected chi connectivity index (χ3v) is 5.09. The Kier molecular flexibility index (Phi) is 5.62. The lowest BCUT2D eigenvalue weighted by molar-refractivity contribution is 0.0936. The Hall–Kier alpha value is -2.34. The van der Waals surface area contributed by atoms with E-state index in [1.54, 1.807) is 24.3 Å². The van der Waals surface area contributed by atoms with Gasteiger partial charge < -0.3 is 5.32 Å². The minimum absolute atomic E-state index is 0.129. The number of para-hydroxylation sites is 1. The molecular weight excluding hydrogens is 324 g/mol. The highest BCUT2D eigenvalue weighted by Crippen LogP contribution is 2.23. The predicted octanol–water partition coefficient (Wildman–Crippen LogP) is 2.96. The highest BCUT2D eigenvalue weighted by Gasteiger charge is 2.21. The van der Waals surface area contributed by atoms with Crippen LogP contribution in [0, 0.1) is 0 Å². The Morgan fingerprint density at radius 2 is 1.67 bits per heavy atom. The van der Waals surface area contributed by atoms with Gasteiger partial charge in [-0.15, -0.1) is 0 Å². The van der Waals surface area contributed by atoms with Crippen molar-refractivity contribution in [3.63, 3.8) is 0 Å². The zero-order chi connectivity index (χ0) is 17.7. The number of benzene rings is 2. The molecule has 0 aromatic heterocycles. The highest BCUT2D eigenvalue weighted by molar-refractivity contribution is 7.92. The molecule has 0 heterocycles. The number of nitrogens with zero attached hydrogens (tertiary/aromatic N) is 1. The maximum atomic E-state index is 12.7. The van der Waals surface area contributed by atoms with Crippen LogP contribution in [0.2, 0.25) is 0 Å². The van der Waals surface area contributed by atoms with Crippen molar-refractivity contribution in [1.29, 1.82) is 0 Å². The Balaban J connectivity index is 2.30. The van der Waals surface area contributed by atoms with E-state index < -0.39 is 10.0 Å². The molecule has 5 nitrogen and oxygen atoms in total. The molecule has 1 atom stereocenters. The Morgan fingerprint density at radius 1 is 1.08 bits per heavy atom. The van der Waals surface area contributed by atoms with Gasteiger partial charge in [0.05, 0.1) is 23.5 Å². The van der Waals surface area contributed by atoms with Crippen molar-refractivity contribution in [2.45, 2.75) is 19.4 Å². The average molecular weight is 346 g/mol. The molecule has 1 N–H and O–H groups in total.